The van der Waals surface area contributed by atoms with Gasteiger partial charge in [0, 0.05) is 13.6 Å². The number of nitrogens with zero attached hydrogens (tertiary/aromatic N) is 1. The maximum absolute atomic E-state index is 12.4. The third-order valence-electron chi connectivity index (χ3n) is 3.68. The zero-order valence-electron chi connectivity index (χ0n) is 11.6. The fraction of sp³-hybridized carbons (Fsp3) is 0.467. The van der Waals surface area contributed by atoms with Gasteiger partial charge < -0.3 is 15.3 Å². The molecular formula is C15H20N2O3. The van der Waals surface area contributed by atoms with Gasteiger partial charge in [0.15, 0.2) is 6.10 Å². The molecule has 1 saturated heterocycles. The molecule has 2 amide bonds. The number of likely N-dealkylation sites (tertiary alicyclic amines) is 1. The average molecular weight is 276 g/mol. The minimum absolute atomic E-state index is 0.168. The summed E-state index contributed by atoms with van der Waals surface area (Å²) in [6.07, 6.45) is 1.22. The van der Waals surface area contributed by atoms with Crippen molar-refractivity contribution in [3.8, 4) is 0 Å². The van der Waals surface area contributed by atoms with Crippen LogP contribution < -0.4 is 5.32 Å². The van der Waals surface area contributed by atoms with Crippen molar-refractivity contribution in [2.45, 2.75) is 31.4 Å². The summed E-state index contributed by atoms with van der Waals surface area (Å²) in [7, 11) is 1.56. The molecule has 0 saturated carbocycles. The molecule has 5 heteroatoms. The molecule has 0 aliphatic carbocycles. The maximum atomic E-state index is 12.4. The van der Waals surface area contributed by atoms with Crippen LogP contribution in [0.3, 0.4) is 0 Å². The number of benzene rings is 1. The highest BCUT2D eigenvalue weighted by Gasteiger charge is 2.34. The van der Waals surface area contributed by atoms with E-state index in [-0.39, 0.29) is 5.91 Å². The van der Waals surface area contributed by atoms with E-state index in [9.17, 15) is 14.7 Å². The Kier molecular flexibility index (Phi) is 4.74. The van der Waals surface area contributed by atoms with E-state index in [4.69, 9.17) is 0 Å². The van der Waals surface area contributed by atoms with E-state index in [1.807, 2.05) is 6.07 Å². The number of aliphatic hydroxyl groups is 1. The number of hydrogen-bond acceptors (Lipinski definition) is 3. The fourth-order valence-electron chi connectivity index (χ4n) is 2.57. The molecule has 108 valence electrons. The monoisotopic (exact) mass is 276 g/mol. The van der Waals surface area contributed by atoms with E-state index < -0.39 is 18.1 Å². The van der Waals surface area contributed by atoms with Crippen molar-refractivity contribution in [3.63, 3.8) is 0 Å². The Morgan fingerprint density at radius 3 is 2.65 bits per heavy atom. The number of carbonyl (C=O) groups excluding carboxylic acids is 2. The van der Waals surface area contributed by atoms with Gasteiger partial charge in [0.1, 0.15) is 6.04 Å². The average Bonchev–Trinajstić information content (AvgIpc) is 2.53. The minimum Gasteiger partial charge on any atom is -0.378 e. The molecule has 1 heterocycles. The number of hydrogen-bond donors (Lipinski definition) is 2. The van der Waals surface area contributed by atoms with Crippen molar-refractivity contribution in [3.05, 3.63) is 35.9 Å². The number of amides is 2. The molecule has 1 fully saturated rings. The Morgan fingerprint density at radius 1 is 1.30 bits per heavy atom. The molecule has 5 nitrogen and oxygen atoms in total. The van der Waals surface area contributed by atoms with Crippen LogP contribution in [0.2, 0.25) is 0 Å². The molecule has 1 aromatic rings. The molecule has 2 rings (SSSR count). The minimum atomic E-state index is -1.21. The van der Waals surface area contributed by atoms with Crippen LogP contribution in [0.25, 0.3) is 0 Å². The topological polar surface area (TPSA) is 69.6 Å². The SMILES string of the molecule is CNC(=O)C1CCCCN1C(=O)C(O)c1ccccc1. The first-order chi connectivity index (χ1) is 9.65. The van der Waals surface area contributed by atoms with Crippen molar-refractivity contribution in [2.24, 2.45) is 0 Å². The highest BCUT2D eigenvalue weighted by molar-refractivity contribution is 5.89. The van der Waals surface area contributed by atoms with Crippen molar-refractivity contribution in [1.29, 1.82) is 0 Å². The van der Waals surface area contributed by atoms with E-state index in [1.54, 1.807) is 31.3 Å². The predicted molar refractivity (Wildman–Crippen MR) is 74.8 cm³/mol. The van der Waals surface area contributed by atoms with E-state index in [1.165, 1.54) is 4.90 Å². The standard InChI is InChI=1S/C15H20N2O3/c1-16-14(19)12-9-5-6-10-17(12)15(20)13(18)11-7-3-2-4-8-11/h2-4,7-8,12-13,18H,5-6,9-10H2,1H3,(H,16,19). The predicted octanol–water partition coefficient (Wildman–Crippen LogP) is 0.847. The number of piperidine rings is 1. The van der Waals surface area contributed by atoms with Gasteiger partial charge in [-0.1, -0.05) is 30.3 Å². The lowest BCUT2D eigenvalue weighted by atomic mass is 9.99. The number of rotatable bonds is 3. The lowest BCUT2D eigenvalue weighted by Crippen LogP contribution is -2.52. The van der Waals surface area contributed by atoms with Gasteiger partial charge in [0.2, 0.25) is 5.91 Å². The number of nitrogens with one attached hydrogen (secondary N) is 1. The summed E-state index contributed by atoms with van der Waals surface area (Å²) in [5.74, 6) is -0.567. The van der Waals surface area contributed by atoms with Crippen molar-refractivity contribution >= 4 is 11.8 Å². The molecule has 2 unspecified atom stereocenters. The van der Waals surface area contributed by atoms with Gasteiger partial charge in [-0.3, -0.25) is 9.59 Å². The van der Waals surface area contributed by atoms with Crippen LogP contribution in [0.5, 0.6) is 0 Å². The van der Waals surface area contributed by atoms with Crippen molar-refractivity contribution in [2.75, 3.05) is 13.6 Å². The first-order valence-corrected chi connectivity index (χ1v) is 6.90. The molecule has 0 bridgehead atoms. The van der Waals surface area contributed by atoms with Crippen LogP contribution in [-0.2, 0) is 9.59 Å². The third-order valence-corrected chi connectivity index (χ3v) is 3.68. The van der Waals surface area contributed by atoms with Crippen LogP contribution in [-0.4, -0.2) is 41.5 Å². The molecule has 1 aliphatic heterocycles. The molecule has 1 aromatic carbocycles. The Morgan fingerprint density at radius 2 is 2.00 bits per heavy atom. The van der Waals surface area contributed by atoms with Crippen LogP contribution in [0, 0.1) is 0 Å². The Bertz CT molecular complexity index is 475. The maximum Gasteiger partial charge on any atom is 0.256 e. The molecule has 20 heavy (non-hydrogen) atoms. The largest absolute Gasteiger partial charge is 0.378 e. The molecule has 0 aromatic heterocycles. The van der Waals surface area contributed by atoms with Crippen molar-refractivity contribution < 1.29 is 14.7 Å². The molecule has 1 aliphatic rings. The van der Waals surface area contributed by atoms with Crippen LogP contribution in [0.15, 0.2) is 30.3 Å². The lowest BCUT2D eigenvalue weighted by Gasteiger charge is -2.35. The van der Waals surface area contributed by atoms with Gasteiger partial charge in [0.25, 0.3) is 5.91 Å². The quantitative estimate of drug-likeness (QED) is 0.860. The molecule has 0 radical (unpaired) electrons. The normalized spacial score (nSPS) is 20.3. The van der Waals surface area contributed by atoms with Gasteiger partial charge in [-0.2, -0.15) is 0 Å². The van der Waals surface area contributed by atoms with E-state index in [0.29, 0.717) is 18.5 Å². The number of carbonyl (C=O) groups is 2. The Labute approximate surface area is 118 Å². The number of aliphatic hydroxyl groups excluding tert-OH is 1. The van der Waals surface area contributed by atoms with Gasteiger partial charge >= 0.3 is 0 Å². The first kappa shape index (κ1) is 14.5. The summed E-state index contributed by atoms with van der Waals surface area (Å²) in [5.41, 5.74) is 0.554. The zero-order valence-corrected chi connectivity index (χ0v) is 11.6. The summed E-state index contributed by atoms with van der Waals surface area (Å²) in [6, 6.07) is 8.33. The van der Waals surface area contributed by atoms with Gasteiger partial charge in [0.05, 0.1) is 0 Å². The van der Waals surface area contributed by atoms with Gasteiger partial charge in [-0.05, 0) is 24.8 Å². The van der Waals surface area contributed by atoms with E-state index >= 15 is 0 Å². The summed E-state index contributed by atoms with van der Waals surface area (Å²) < 4.78 is 0. The van der Waals surface area contributed by atoms with Crippen LogP contribution in [0.1, 0.15) is 30.9 Å². The Hall–Kier alpha value is -1.88. The summed E-state index contributed by atoms with van der Waals surface area (Å²) in [4.78, 5) is 25.8. The molecule has 2 atom stereocenters. The second-order valence-electron chi connectivity index (χ2n) is 4.97. The Balaban J connectivity index is 2.15. The highest BCUT2D eigenvalue weighted by Crippen LogP contribution is 2.23. The smallest absolute Gasteiger partial charge is 0.256 e. The zero-order chi connectivity index (χ0) is 14.5. The van der Waals surface area contributed by atoms with Crippen LogP contribution >= 0.6 is 0 Å². The van der Waals surface area contributed by atoms with Crippen molar-refractivity contribution in [1.82, 2.24) is 10.2 Å². The van der Waals surface area contributed by atoms with Crippen LogP contribution in [0.4, 0.5) is 0 Å². The van der Waals surface area contributed by atoms with Gasteiger partial charge in [-0.25, -0.2) is 0 Å². The molecular weight excluding hydrogens is 256 g/mol. The molecule has 2 N–H and O–H groups in total. The summed E-state index contributed by atoms with van der Waals surface area (Å²) in [5, 5.41) is 12.8. The van der Waals surface area contributed by atoms with Gasteiger partial charge in [-0.15, -0.1) is 0 Å². The number of likely N-dealkylation sites (N-methyl/N-ethyl adjacent to an activating group) is 1. The fourth-order valence-corrected chi connectivity index (χ4v) is 2.57. The first-order valence-electron chi connectivity index (χ1n) is 6.90. The second-order valence-corrected chi connectivity index (χ2v) is 4.97. The highest BCUT2D eigenvalue weighted by atomic mass is 16.3. The van der Waals surface area contributed by atoms with E-state index in [2.05, 4.69) is 5.32 Å². The summed E-state index contributed by atoms with van der Waals surface area (Å²) >= 11 is 0. The second kappa shape index (κ2) is 6.52. The van der Waals surface area contributed by atoms with E-state index in [0.717, 1.165) is 12.8 Å². The summed E-state index contributed by atoms with van der Waals surface area (Å²) in [6.45, 7) is 0.515. The molecule has 0 spiro atoms. The lowest BCUT2D eigenvalue weighted by molar-refractivity contribution is -0.149. The third kappa shape index (κ3) is 2.99.